The molecule has 1 atom stereocenters. The van der Waals surface area contributed by atoms with Crippen LogP contribution in [0.1, 0.15) is 47.2 Å². The third-order valence-corrected chi connectivity index (χ3v) is 5.94. The molecular formula is C23H29N3O2. The van der Waals surface area contributed by atoms with Gasteiger partial charge in [0.2, 0.25) is 0 Å². The van der Waals surface area contributed by atoms with Gasteiger partial charge in [-0.15, -0.1) is 0 Å². The van der Waals surface area contributed by atoms with E-state index in [1.807, 2.05) is 29.2 Å². The van der Waals surface area contributed by atoms with Gasteiger partial charge in [-0.2, -0.15) is 0 Å². The number of nitrogens with zero attached hydrogens (tertiary/aromatic N) is 3. The summed E-state index contributed by atoms with van der Waals surface area (Å²) in [6, 6.07) is 12.0. The number of likely N-dealkylation sites (tertiary alicyclic amines) is 1. The smallest absolute Gasteiger partial charge is 0.254 e. The van der Waals surface area contributed by atoms with E-state index < -0.39 is 0 Å². The molecule has 0 aliphatic carbocycles. The molecule has 2 aliphatic rings. The summed E-state index contributed by atoms with van der Waals surface area (Å²) in [6.45, 7) is 3.76. The Bertz CT molecular complexity index is 817. The Kier molecular flexibility index (Phi) is 5.91. The Labute approximate surface area is 167 Å². The number of aliphatic hydroxyl groups is 1. The fourth-order valence-corrected chi connectivity index (χ4v) is 4.40. The van der Waals surface area contributed by atoms with E-state index in [0.717, 1.165) is 68.8 Å². The van der Waals surface area contributed by atoms with E-state index in [4.69, 9.17) is 0 Å². The minimum atomic E-state index is 0.0897. The van der Waals surface area contributed by atoms with Crippen molar-refractivity contribution in [2.75, 3.05) is 31.1 Å². The zero-order valence-electron chi connectivity index (χ0n) is 16.4. The van der Waals surface area contributed by atoms with Crippen LogP contribution < -0.4 is 4.90 Å². The number of hydrogen-bond acceptors (Lipinski definition) is 4. The number of amides is 1. The van der Waals surface area contributed by atoms with Crippen molar-refractivity contribution in [1.82, 2.24) is 9.88 Å². The molecule has 5 heteroatoms. The summed E-state index contributed by atoms with van der Waals surface area (Å²) in [6.07, 6.45) is 7.34. The van der Waals surface area contributed by atoms with Crippen molar-refractivity contribution >= 4 is 11.7 Å². The molecule has 148 valence electrons. The largest absolute Gasteiger partial charge is 0.392 e. The maximum absolute atomic E-state index is 12.8. The van der Waals surface area contributed by atoms with Crippen molar-refractivity contribution < 1.29 is 9.90 Å². The number of rotatable bonds is 5. The Hall–Kier alpha value is -2.40. The predicted octanol–water partition coefficient (Wildman–Crippen LogP) is 3.27. The molecule has 5 nitrogen and oxygen atoms in total. The van der Waals surface area contributed by atoms with E-state index in [1.54, 1.807) is 6.20 Å². The van der Waals surface area contributed by atoms with Crippen molar-refractivity contribution in [2.24, 2.45) is 5.92 Å². The predicted molar refractivity (Wildman–Crippen MR) is 110 cm³/mol. The van der Waals surface area contributed by atoms with Gasteiger partial charge >= 0.3 is 0 Å². The van der Waals surface area contributed by atoms with Crippen molar-refractivity contribution in [1.29, 1.82) is 0 Å². The Morgan fingerprint density at radius 1 is 1.07 bits per heavy atom. The van der Waals surface area contributed by atoms with Gasteiger partial charge in [0.05, 0.1) is 6.61 Å². The molecule has 0 bridgehead atoms. The van der Waals surface area contributed by atoms with E-state index >= 15 is 0 Å². The normalized spacial score (nSPS) is 19.8. The van der Waals surface area contributed by atoms with Crippen molar-refractivity contribution in [3.05, 3.63) is 59.3 Å². The standard InChI is InChI=1S/C23H29N3O2/c27-17-20-6-4-5-18(14-20)13-19-8-12-26(16-19)22-15-21(7-9-24-22)23(28)25-10-2-1-3-11-25/h4-7,9,14-15,19,27H,1-3,8,10-13,16-17H2. The van der Waals surface area contributed by atoms with Gasteiger partial charge in [-0.25, -0.2) is 4.98 Å². The number of carbonyl (C=O) groups excluding carboxylic acids is 1. The van der Waals surface area contributed by atoms with Crippen LogP contribution in [-0.2, 0) is 13.0 Å². The van der Waals surface area contributed by atoms with Crippen LogP contribution in [0, 0.1) is 5.92 Å². The first-order valence-corrected chi connectivity index (χ1v) is 10.4. The van der Waals surface area contributed by atoms with E-state index in [2.05, 4.69) is 22.0 Å². The van der Waals surface area contributed by atoms with Crippen molar-refractivity contribution in [2.45, 2.75) is 38.7 Å². The first-order chi connectivity index (χ1) is 13.7. The highest BCUT2D eigenvalue weighted by Crippen LogP contribution is 2.26. The Morgan fingerprint density at radius 3 is 2.71 bits per heavy atom. The molecule has 1 N–H and O–H groups in total. The first-order valence-electron chi connectivity index (χ1n) is 10.4. The van der Waals surface area contributed by atoms with Crippen LogP contribution in [-0.4, -0.2) is 47.1 Å². The van der Waals surface area contributed by atoms with Crippen LogP contribution in [0.5, 0.6) is 0 Å². The third kappa shape index (κ3) is 4.36. The number of pyridine rings is 1. The van der Waals surface area contributed by atoms with Gasteiger partial charge in [0, 0.05) is 37.9 Å². The van der Waals surface area contributed by atoms with E-state index in [0.29, 0.717) is 5.92 Å². The maximum atomic E-state index is 12.8. The van der Waals surface area contributed by atoms with E-state index in [-0.39, 0.29) is 12.5 Å². The first kappa shape index (κ1) is 18.9. The van der Waals surface area contributed by atoms with Crippen LogP contribution in [0.15, 0.2) is 42.6 Å². The summed E-state index contributed by atoms with van der Waals surface area (Å²) in [5.41, 5.74) is 3.00. The van der Waals surface area contributed by atoms with Crippen LogP contribution in [0.2, 0.25) is 0 Å². The minimum Gasteiger partial charge on any atom is -0.392 e. The molecule has 1 aromatic carbocycles. The number of carbonyl (C=O) groups is 1. The van der Waals surface area contributed by atoms with E-state index in [1.165, 1.54) is 12.0 Å². The Balaban J connectivity index is 1.40. The molecule has 3 heterocycles. The number of hydrogen-bond donors (Lipinski definition) is 1. The second kappa shape index (κ2) is 8.74. The lowest BCUT2D eigenvalue weighted by atomic mass is 9.97. The molecule has 2 fully saturated rings. The van der Waals surface area contributed by atoms with Crippen molar-refractivity contribution in [3.8, 4) is 0 Å². The summed E-state index contributed by atoms with van der Waals surface area (Å²) in [4.78, 5) is 21.6. The van der Waals surface area contributed by atoms with Gasteiger partial charge in [0.15, 0.2) is 0 Å². The number of benzene rings is 1. The van der Waals surface area contributed by atoms with Gasteiger partial charge < -0.3 is 14.9 Å². The molecule has 2 aliphatic heterocycles. The average molecular weight is 380 g/mol. The molecule has 4 rings (SSSR count). The van der Waals surface area contributed by atoms with E-state index in [9.17, 15) is 9.90 Å². The maximum Gasteiger partial charge on any atom is 0.254 e. The van der Waals surface area contributed by atoms with Crippen LogP contribution in [0.3, 0.4) is 0 Å². The molecule has 2 aromatic rings. The number of aromatic nitrogens is 1. The molecule has 0 spiro atoms. The highest BCUT2D eigenvalue weighted by molar-refractivity contribution is 5.94. The highest BCUT2D eigenvalue weighted by atomic mass is 16.3. The van der Waals surface area contributed by atoms with Crippen LogP contribution >= 0.6 is 0 Å². The fourth-order valence-electron chi connectivity index (χ4n) is 4.40. The molecule has 0 saturated carbocycles. The quantitative estimate of drug-likeness (QED) is 0.866. The SMILES string of the molecule is O=C(c1ccnc(N2CCC(Cc3cccc(CO)c3)C2)c1)N1CCCCC1. The highest BCUT2D eigenvalue weighted by Gasteiger charge is 2.25. The summed E-state index contributed by atoms with van der Waals surface area (Å²) in [5, 5.41) is 9.33. The lowest BCUT2D eigenvalue weighted by Crippen LogP contribution is -2.35. The second-order valence-corrected chi connectivity index (χ2v) is 8.04. The number of anilines is 1. The molecule has 0 radical (unpaired) electrons. The summed E-state index contributed by atoms with van der Waals surface area (Å²) >= 11 is 0. The molecule has 1 amide bonds. The van der Waals surface area contributed by atoms with Gasteiger partial charge in [0.25, 0.3) is 5.91 Å². The van der Waals surface area contributed by atoms with Gasteiger partial charge in [-0.05, 0) is 61.3 Å². The zero-order valence-corrected chi connectivity index (χ0v) is 16.4. The summed E-state index contributed by atoms with van der Waals surface area (Å²) < 4.78 is 0. The Morgan fingerprint density at radius 2 is 1.89 bits per heavy atom. The zero-order chi connectivity index (χ0) is 19.3. The summed E-state index contributed by atoms with van der Waals surface area (Å²) in [7, 11) is 0. The van der Waals surface area contributed by atoms with Crippen LogP contribution in [0.4, 0.5) is 5.82 Å². The number of aliphatic hydroxyl groups excluding tert-OH is 1. The van der Waals surface area contributed by atoms with Gasteiger partial charge in [-0.1, -0.05) is 24.3 Å². The van der Waals surface area contributed by atoms with Gasteiger partial charge in [-0.3, -0.25) is 4.79 Å². The molecule has 28 heavy (non-hydrogen) atoms. The lowest BCUT2D eigenvalue weighted by Gasteiger charge is -2.27. The topological polar surface area (TPSA) is 56.7 Å². The third-order valence-electron chi connectivity index (χ3n) is 5.94. The monoisotopic (exact) mass is 379 g/mol. The molecule has 1 aromatic heterocycles. The molecule has 1 unspecified atom stereocenters. The van der Waals surface area contributed by atoms with Gasteiger partial charge in [0.1, 0.15) is 5.82 Å². The van der Waals surface area contributed by atoms with Crippen LogP contribution in [0.25, 0.3) is 0 Å². The molecular weight excluding hydrogens is 350 g/mol. The molecule has 2 saturated heterocycles. The number of piperidine rings is 1. The average Bonchev–Trinajstić information content (AvgIpc) is 3.22. The lowest BCUT2D eigenvalue weighted by molar-refractivity contribution is 0.0724. The summed E-state index contributed by atoms with van der Waals surface area (Å²) in [5.74, 6) is 1.62. The van der Waals surface area contributed by atoms with Crippen molar-refractivity contribution in [3.63, 3.8) is 0 Å². The minimum absolute atomic E-state index is 0.0897. The fraction of sp³-hybridized carbons (Fsp3) is 0.478. The second-order valence-electron chi connectivity index (χ2n) is 8.04.